The van der Waals surface area contributed by atoms with E-state index in [-0.39, 0.29) is 44.7 Å². The molecule has 19 nitrogen and oxygen atoms in total. The van der Waals surface area contributed by atoms with Gasteiger partial charge in [-0.05, 0) is 139 Å². The molecule has 0 spiro atoms. The molecule has 1 aliphatic heterocycles. The topological polar surface area (TPSA) is 285 Å². The molecule has 0 bridgehead atoms. The van der Waals surface area contributed by atoms with E-state index < -0.39 is 96.4 Å². The largest absolute Gasteiger partial charge is 0.444 e. The molecule has 86 heavy (non-hydrogen) atoms. The molecule has 0 aliphatic carbocycles. The summed E-state index contributed by atoms with van der Waals surface area (Å²) >= 11 is 0. The number of ether oxygens (including phenoxy) is 3. The molecule has 0 radical (unpaired) electrons. The summed E-state index contributed by atoms with van der Waals surface area (Å²) in [7, 11) is 0. The van der Waals surface area contributed by atoms with Crippen LogP contribution in [-0.4, -0.2) is 147 Å². The van der Waals surface area contributed by atoms with Gasteiger partial charge in [0.2, 0.25) is 17.7 Å². The first-order valence-corrected chi connectivity index (χ1v) is 34.2. The normalized spacial score (nSPS) is 18.3. The lowest BCUT2D eigenvalue weighted by atomic mass is 9.94. The zero-order chi connectivity index (χ0) is 64.2. The molecule has 1 rings (SSSR count). The lowest BCUT2D eigenvalue weighted by Crippen LogP contribution is -2.70. The van der Waals surface area contributed by atoms with Crippen molar-refractivity contribution in [2.24, 2.45) is 11.5 Å². The third-order valence-corrected chi connectivity index (χ3v) is 15.8. The average Bonchev–Trinajstić information content (AvgIpc) is 1.14. The number of carbonyl (C=O) groups is 6. The van der Waals surface area contributed by atoms with Crippen molar-refractivity contribution >= 4 is 35.8 Å². The van der Waals surface area contributed by atoms with Gasteiger partial charge in [-0.15, -0.1) is 0 Å². The van der Waals surface area contributed by atoms with Gasteiger partial charge in [0, 0.05) is 13.0 Å². The van der Waals surface area contributed by atoms with Gasteiger partial charge in [-0.2, -0.15) is 0 Å². The van der Waals surface area contributed by atoms with Crippen LogP contribution in [-0.2, 0) is 33.4 Å². The highest BCUT2D eigenvalue weighted by Gasteiger charge is 2.49. The summed E-state index contributed by atoms with van der Waals surface area (Å²) in [6.45, 7) is 15.8. The molecular formula is C67H127N7O12. The number of nitrogens with two attached hydrogens (primary N) is 2. The highest BCUT2D eigenvalue weighted by molar-refractivity contribution is 6.02. The van der Waals surface area contributed by atoms with Crippen LogP contribution >= 0.6 is 0 Å². The number of aliphatic hydroxyl groups excluding tert-OH is 3. The van der Waals surface area contributed by atoms with E-state index >= 15 is 0 Å². The van der Waals surface area contributed by atoms with E-state index in [2.05, 4.69) is 41.9 Å². The molecule has 502 valence electrons. The number of hydrogen-bond donors (Lipinski definition) is 8. The Hall–Kier alpha value is -3.88. The predicted octanol–water partition coefficient (Wildman–Crippen LogP) is 11.8. The Morgan fingerprint density at radius 2 is 1.02 bits per heavy atom. The summed E-state index contributed by atoms with van der Waals surface area (Å²) in [5.74, 6) is -2.93. The molecule has 8 atom stereocenters. The van der Waals surface area contributed by atoms with Gasteiger partial charge in [0.25, 0.3) is 5.91 Å². The lowest BCUT2D eigenvalue weighted by Gasteiger charge is -2.47. The number of nitrogens with one attached hydrogen (secondary N) is 3. The number of nitrogens with zero attached hydrogens (tertiary/aromatic N) is 2. The summed E-state index contributed by atoms with van der Waals surface area (Å²) in [4.78, 5) is 88.0. The van der Waals surface area contributed by atoms with Crippen molar-refractivity contribution in [3.63, 3.8) is 0 Å². The van der Waals surface area contributed by atoms with E-state index in [0.717, 1.165) is 64.2 Å². The van der Waals surface area contributed by atoms with Crippen molar-refractivity contribution in [3.8, 4) is 0 Å². The van der Waals surface area contributed by atoms with Crippen LogP contribution in [0.15, 0.2) is 12.2 Å². The average molecular weight is 1220 g/mol. The predicted molar refractivity (Wildman–Crippen MR) is 344 cm³/mol. The maximum atomic E-state index is 14.8. The van der Waals surface area contributed by atoms with Crippen LogP contribution in [0.3, 0.4) is 0 Å². The Labute approximate surface area is 521 Å². The molecule has 19 heteroatoms. The monoisotopic (exact) mass is 1220 g/mol. The number of alkyl carbamates (subject to hydrolysis) is 1. The van der Waals surface area contributed by atoms with Crippen molar-refractivity contribution in [3.05, 3.63) is 12.2 Å². The van der Waals surface area contributed by atoms with Gasteiger partial charge in [-0.1, -0.05) is 174 Å². The van der Waals surface area contributed by atoms with Crippen LogP contribution < -0.4 is 27.4 Å². The molecule has 1 saturated heterocycles. The molecule has 0 saturated carbocycles. The van der Waals surface area contributed by atoms with E-state index in [9.17, 15) is 44.1 Å². The quantitative estimate of drug-likeness (QED) is 0.0208. The third-order valence-electron chi connectivity index (χ3n) is 15.8. The number of rotatable bonds is 49. The fourth-order valence-electron chi connectivity index (χ4n) is 10.8. The van der Waals surface area contributed by atoms with Gasteiger partial charge in [-0.25, -0.2) is 14.5 Å². The fourth-order valence-corrected chi connectivity index (χ4v) is 10.8. The summed E-state index contributed by atoms with van der Waals surface area (Å²) in [5, 5.41) is 41.5. The third kappa shape index (κ3) is 36.6. The van der Waals surface area contributed by atoms with Gasteiger partial charge in [0.05, 0.1) is 6.61 Å². The molecule has 6 amide bonds. The van der Waals surface area contributed by atoms with Gasteiger partial charge >= 0.3 is 12.2 Å². The minimum atomic E-state index is -1.71. The van der Waals surface area contributed by atoms with Gasteiger partial charge in [0.1, 0.15) is 53.7 Å². The maximum Gasteiger partial charge on any atom is 0.417 e. The number of hydrogen-bond acceptors (Lipinski definition) is 14. The Bertz CT molecular complexity index is 1850. The molecule has 1 heterocycles. The standard InChI is InChI=1S/C67H127N7O12/c1-10-12-14-16-18-20-22-24-26-28-30-32-34-36-38-44-50-73(56(76)47-39-37-35-33-31-29-27-25-23-21-19-17-15-13-11-2)63-57(59(78)58(77)55(51-75)84-63)72-60(79)52(3)70-61(80)54(46-41-43-49-69)74(65(83)86-67(7,8)9)62(81)53(45-40-42-48-68)71-64(82)85-66(4,5)6/h25,27,52-55,57-59,63,75,77-78H,10-24,26,28-51,68-69H2,1-9H3,(H,70,80)(H,71,82)(H,72,79)/b27-25-/t52-,53-,54-,55+,57+,58+,59+,63+/m0/s1. The first-order valence-electron chi connectivity index (χ1n) is 34.2. The van der Waals surface area contributed by atoms with Crippen LogP contribution in [0.25, 0.3) is 0 Å². The number of allylic oxidation sites excluding steroid dienone is 2. The molecule has 0 unspecified atom stereocenters. The van der Waals surface area contributed by atoms with Gasteiger partial charge in [0.15, 0.2) is 6.23 Å². The van der Waals surface area contributed by atoms with Crippen molar-refractivity contribution in [1.82, 2.24) is 25.8 Å². The smallest absolute Gasteiger partial charge is 0.417 e. The highest BCUT2D eigenvalue weighted by atomic mass is 16.6. The Morgan fingerprint density at radius 1 is 0.570 bits per heavy atom. The summed E-state index contributed by atoms with van der Waals surface area (Å²) < 4.78 is 17.5. The zero-order valence-electron chi connectivity index (χ0n) is 55.6. The summed E-state index contributed by atoms with van der Waals surface area (Å²) in [6, 6.07) is -5.72. The van der Waals surface area contributed by atoms with E-state index in [1.165, 1.54) is 121 Å². The Kier molecular flexibility index (Phi) is 44.8. The van der Waals surface area contributed by atoms with Crippen LogP contribution in [0.5, 0.6) is 0 Å². The molecule has 0 aromatic heterocycles. The number of unbranched alkanes of at least 4 members (excludes halogenated alkanes) is 28. The van der Waals surface area contributed by atoms with E-state index in [1.54, 1.807) is 41.5 Å². The van der Waals surface area contributed by atoms with Crippen LogP contribution in [0.2, 0.25) is 0 Å². The number of amides is 6. The van der Waals surface area contributed by atoms with Crippen molar-refractivity contribution in [2.75, 3.05) is 26.2 Å². The van der Waals surface area contributed by atoms with E-state index in [4.69, 9.17) is 25.7 Å². The number of aliphatic hydroxyl groups is 3. The molecule has 0 aromatic rings. The van der Waals surface area contributed by atoms with Crippen molar-refractivity contribution in [1.29, 1.82) is 0 Å². The van der Waals surface area contributed by atoms with Gasteiger partial charge in [-0.3, -0.25) is 19.2 Å². The fraction of sp³-hybridized carbons (Fsp3) is 0.881. The molecule has 1 aliphatic rings. The lowest BCUT2D eigenvalue weighted by molar-refractivity contribution is -0.231. The van der Waals surface area contributed by atoms with E-state index in [0.29, 0.717) is 43.5 Å². The molecular weight excluding hydrogens is 1090 g/mol. The van der Waals surface area contributed by atoms with Crippen molar-refractivity contribution in [2.45, 2.75) is 353 Å². The van der Waals surface area contributed by atoms with Gasteiger partial charge < -0.3 is 61.8 Å². The molecule has 1 fully saturated rings. The van der Waals surface area contributed by atoms with Crippen LogP contribution in [0, 0.1) is 0 Å². The Balaban J connectivity index is 3.42. The van der Waals surface area contributed by atoms with E-state index in [1.807, 2.05) is 0 Å². The number of imide groups is 1. The second kappa shape index (κ2) is 48.0. The minimum Gasteiger partial charge on any atom is -0.444 e. The maximum absolute atomic E-state index is 14.8. The second-order valence-corrected chi connectivity index (χ2v) is 26.2. The Morgan fingerprint density at radius 3 is 1.49 bits per heavy atom. The van der Waals surface area contributed by atoms with Crippen LogP contribution in [0.1, 0.15) is 293 Å². The number of carbonyl (C=O) groups excluding carboxylic acids is 6. The first kappa shape index (κ1) is 80.1. The van der Waals surface area contributed by atoms with Crippen LogP contribution in [0.4, 0.5) is 9.59 Å². The molecule has 0 aromatic carbocycles. The highest BCUT2D eigenvalue weighted by Crippen LogP contribution is 2.27. The first-order chi connectivity index (χ1) is 41.1. The minimum absolute atomic E-state index is 0.0386. The molecule has 10 N–H and O–H groups in total. The summed E-state index contributed by atoms with van der Waals surface area (Å²) in [5.41, 5.74) is 9.60. The SMILES string of the molecule is CCCCCCCC/C=C\CCCCCCCC(=O)N(CCCCCCCCCCCCCCCCCC)[C@@H]1O[C@H](CO)[C@@H](O)[C@H](O)[C@H]1NC(=O)[C@H](C)NC(=O)[C@H](CCCCN)N(C(=O)OC(C)(C)C)C(=O)[C@H](CCCCN)NC(=O)OC(C)(C)C. The van der Waals surface area contributed by atoms with Crippen molar-refractivity contribution < 1.29 is 58.3 Å². The zero-order valence-corrected chi connectivity index (χ0v) is 55.6. The summed E-state index contributed by atoms with van der Waals surface area (Å²) in [6.07, 6.45) is 31.5. The second-order valence-electron chi connectivity index (χ2n) is 26.2.